The van der Waals surface area contributed by atoms with E-state index in [-0.39, 0.29) is 16.4 Å². The van der Waals surface area contributed by atoms with E-state index in [9.17, 15) is 18.5 Å². The molecule has 16 heavy (non-hydrogen) atoms. The molecule has 0 saturated carbocycles. The van der Waals surface area contributed by atoms with Gasteiger partial charge in [-0.2, -0.15) is 0 Å². The number of nitro benzene ring substituents is 1. The molecule has 0 bridgehead atoms. The van der Waals surface area contributed by atoms with Gasteiger partial charge in [-0.15, -0.1) is 0 Å². The van der Waals surface area contributed by atoms with Crippen LogP contribution in [-0.2, 0) is 10.0 Å². The lowest BCUT2D eigenvalue weighted by Gasteiger charge is -2.17. The van der Waals surface area contributed by atoms with E-state index in [0.717, 1.165) is 10.6 Å². The molecule has 0 aliphatic carbocycles. The van der Waals surface area contributed by atoms with Gasteiger partial charge in [0.05, 0.1) is 16.2 Å². The Balaban J connectivity index is 3.48. The monoisotopic (exact) mass is 264 g/mol. The predicted octanol–water partition coefficient (Wildman–Crippen LogP) is 1.64. The average Bonchev–Trinajstić information content (AvgIpc) is 2.14. The second kappa shape index (κ2) is 4.26. The maximum absolute atomic E-state index is 11.3. The average molecular weight is 265 g/mol. The molecular formula is C8H9ClN2O4S. The van der Waals surface area contributed by atoms with Crippen LogP contribution in [0.2, 0.25) is 5.02 Å². The van der Waals surface area contributed by atoms with Crippen molar-refractivity contribution in [3.8, 4) is 0 Å². The van der Waals surface area contributed by atoms with E-state index in [1.807, 2.05) is 0 Å². The number of halogens is 1. The number of anilines is 1. The summed E-state index contributed by atoms with van der Waals surface area (Å²) in [5.41, 5.74) is -0.475. The van der Waals surface area contributed by atoms with Gasteiger partial charge in [-0.25, -0.2) is 8.42 Å². The third kappa shape index (κ3) is 2.42. The Morgan fingerprint density at radius 2 is 2.00 bits per heavy atom. The van der Waals surface area contributed by atoms with Gasteiger partial charge >= 0.3 is 0 Å². The van der Waals surface area contributed by atoms with Crippen molar-refractivity contribution in [1.29, 1.82) is 0 Å². The number of para-hydroxylation sites is 1. The van der Waals surface area contributed by atoms with E-state index in [1.165, 1.54) is 25.2 Å². The predicted molar refractivity (Wildman–Crippen MR) is 61.4 cm³/mol. The highest BCUT2D eigenvalue weighted by molar-refractivity contribution is 7.92. The summed E-state index contributed by atoms with van der Waals surface area (Å²) < 4.78 is 23.4. The van der Waals surface area contributed by atoms with Gasteiger partial charge in [0.15, 0.2) is 0 Å². The first-order valence-electron chi connectivity index (χ1n) is 4.12. The van der Waals surface area contributed by atoms with Crippen molar-refractivity contribution in [2.75, 3.05) is 17.6 Å². The minimum absolute atomic E-state index is 0.0159. The highest BCUT2D eigenvalue weighted by atomic mass is 35.5. The number of nitro groups is 1. The van der Waals surface area contributed by atoms with Crippen molar-refractivity contribution >= 4 is 33.0 Å². The summed E-state index contributed by atoms with van der Waals surface area (Å²) in [5.74, 6) is 0. The molecule has 1 aromatic carbocycles. The molecule has 88 valence electrons. The Kier molecular flexibility index (Phi) is 3.39. The maximum atomic E-state index is 11.3. The summed E-state index contributed by atoms with van der Waals surface area (Å²) in [5, 5.41) is 10.7. The first kappa shape index (κ1) is 12.7. The molecule has 0 aliphatic heterocycles. The Hall–Kier alpha value is -1.34. The molecule has 0 amide bonds. The summed E-state index contributed by atoms with van der Waals surface area (Å²) in [4.78, 5) is 10.1. The zero-order valence-electron chi connectivity index (χ0n) is 8.55. The highest BCUT2D eigenvalue weighted by Crippen LogP contribution is 2.35. The molecule has 0 saturated heterocycles. The van der Waals surface area contributed by atoms with Crippen LogP contribution in [0.1, 0.15) is 0 Å². The Morgan fingerprint density at radius 1 is 1.44 bits per heavy atom. The van der Waals surface area contributed by atoms with Crippen molar-refractivity contribution < 1.29 is 13.3 Å². The topological polar surface area (TPSA) is 80.5 Å². The zero-order chi connectivity index (χ0) is 12.5. The fraction of sp³-hybridized carbons (Fsp3) is 0.250. The second-order valence-electron chi connectivity index (χ2n) is 3.10. The van der Waals surface area contributed by atoms with Crippen LogP contribution in [0.25, 0.3) is 0 Å². The number of hydrogen-bond acceptors (Lipinski definition) is 4. The van der Waals surface area contributed by atoms with Crippen LogP contribution in [0, 0.1) is 10.1 Å². The van der Waals surface area contributed by atoms with Crippen molar-refractivity contribution in [2.24, 2.45) is 0 Å². The summed E-state index contributed by atoms with van der Waals surface area (Å²) in [7, 11) is -2.38. The van der Waals surface area contributed by atoms with Gasteiger partial charge in [-0.3, -0.25) is 14.4 Å². The van der Waals surface area contributed by atoms with Crippen LogP contribution in [0.15, 0.2) is 18.2 Å². The van der Waals surface area contributed by atoms with E-state index in [4.69, 9.17) is 11.6 Å². The quantitative estimate of drug-likeness (QED) is 0.614. The SMILES string of the molecule is CN(c1c(Cl)cccc1[N+](=O)[O-])S(C)(=O)=O. The molecular weight excluding hydrogens is 256 g/mol. The lowest BCUT2D eigenvalue weighted by atomic mass is 10.3. The molecule has 0 aromatic heterocycles. The van der Waals surface area contributed by atoms with Gasteiger partial charge in [0.1, 0.15) is 5.69 Å². The van der Waals surface area contributed by atoms with E-state index < -0.39 is 14.9 Å². The minimum Gasteiger partial charge on any atom is -0.265 e. The first-order chi connectivity index (χ1) is 7.25. The number of sulfonamides is 1. The number of benzene rings is 1. The van der Waals surface area contributed by atoms with Gasteiger partial charge in [0.2, 0.25) is 10.0 Å². The smallest absolute Gasteiger partial charge is 0.265 e. The molecule has 1 rings (SSSR count). The summed E-state index contributed by atoms with van der Waals surface area (Å²) in [6, 6.07) is 3.98. The van der Waals surface area contributed by atoms with Gasteiger partial charge in [0, 0.05) is 13.1 Å². The molecule has 0 fully saturated rings. The van der Waals surface area contributed by atoms with Crippen LogP contribution >= 0.6 is 11.6 Å². The molecule has 1 aromatic rings. The van der Waals surface area contributed by atoms with Crippen molar-refractivity contribution in [2.45, 2.75) is 0 Å². The second-order valence-corrected chi connectivity index (χ2v) is 5.52. The molecule has 0 atom stereocenters. The molecule has 6 nitrogen and oxygen atoms in total. The molecule has 0 aliphatic rings. The van der Waals surface area contributed by atoms with Crippen LogP contribution in [0.4, 0.5) is 11.4 Å². The normalized spacial score (nSPS) is 11.2. The Bertz CT molecular complexity index is 529. The molecule has 0 heterocycles. The third-order valence-electron chi connectivity index (χ3n) is 1.97. The maximum Gasteiger partial charge on any atom is 0.295 e. The van der Waals surface area contributed by atoms with Crippen molar-refractivity contribution in [3.63, 3.8) is 0 Å². The zero-order valence-corrected chi connectivity index (χ0v) is 10.1. The molecule has 8 heteroatoms. The van der Waals surface area contributed by atoms with Crippen molar-refractivity contribution in [1.82, 2.24) is 0 Å². The highest BCUT2D eigenvalue weighted by Gasteiger charge is 2.25. The molecule has 0 spiro atoms. The first-order valence-corrected chi connectivity index (χ1v) is 6.34. The van der Waals surface area contributed by atoms with Crippen LogP contribution in [0.5, 0.6) is 0 Å². The lowest BCUT2D eigenvalue weighted by molar-refractivity contribution is -0.384. The van der Waals surface area contributed by atoms with Gasteiger partial charge in [-0.1, -0.05) is 17.7 Å². The number of rotatable bonds is 3. The van der Waals surface area contributed by atoms with E-state index in [0.29, 0.717) is 0 Å². The van der Waals surface area contributed by atoms with E-state index in [2.05, 4.69) is 0 Å². The lowest BCUT2D eigenvalue weighted by Crippen LogP contribution is -2.25. The number of hydrogen-bond donors (Lipinski definition) is 0. The van der Waals surface area contributed by atoms with E-state index >= 15 is 0 Å². The van der Waals surface area contributed by atoms with Crippen LogP contribution in [-0.4, -0.2) is 26.6 Å². The van der Waals surface area contributed by atoms with E-state index in [1.54, 1.807) is 0 Å². The largest absolute Gasteiger partial charge is 0.295 e. The number of nitrogens with zero attached hydrogens (tertiary/aromatic N) is 2. The molecule has 0 unspecified atom stereocenters. The van der Waals surface area contributed by atoms with Crippen LogP contribution < -0.4 is 4.31 Å². The summed E-state index contributed by atoms with van der Waals surface area (Å²) >= 11 is 5.76. The fourth-order valence-corrected chi connectivity index (χ4v) is 2.00. The Morgan fingerprint density at radius 3 is 2.44 bits per heavy atom. The summed E-state index contributed by atoms with van der Waals surface area (Å²) in [6.07, 6.45) is 0.944. The minimum atomic E-state index is -3.59. The summed E-state index contributed by atoms with van der Waals surface area (Å²) in [6.45, 7) is 0. The fourth-order valence-electron chi connectivity index (χ4n) is 1.13. The molecule has 0 N–H and O–H groups in total. The molecule has 0 radical (unpaired) electrons. The van der Waals surface area contributed by atoms with Gasteiger partial charge in [-0.05, 0) is 6.07 Å². The third-order valence-corrected chi connectivity index (χ3v) is 3.46. The Labute approximate surface area is 97.6 Å². The van der Waals surface area contributed by atoms with Gasteiger partial charge < -0.3 is 0 Å². The standard InChI is InChI=1S/C8H9ClN2O4S/c1-10(16(2,14)15)8-6(9)4-3-5-7(8)11(12)13/h3-5H,1-2H3. The van der Waals surface area contributed by atoms with Crippen LogP contribution in [0.3, 0.4) is 0 Å². The van der Waals surface area contributed by atoms with Crippen molar-refractivity contribution in [3.05, 3.63) is 33.3 Å². The van der Waals surface area contributed by atoms with Gasteiger partial charge in [0.25, 0.3) is 5.69 Å².